The Morgan fingerprint density at radius 2 is 0.872 bits per heavy atom. The van der Waals surface area contributed by atoms with Crippen molar-refractivity contribution in [1.82, 2.24) is 0 Å². The Hall–Kier alpha value is -5.28. The predicted molar refractivity (Wildman–Crippen MR) is 161 cm³/mol. The molecular weight excluding hydrogens is 478 g/mol. The van der Waals surface area contributed by atoms with E-state index in [2.05, 4.69) is 108 Å². The minimum Gasteiger partial charge on any atom is -0.456 e. The molecule has 39 heavy (non-hydrogen) atoms. The molecule has 2 aromatic heterocycles. The number of fused-ring (bicyclic) bond motifs is 7. The summed E-state index contributed by atoms with van der Waals surface area (Å²) >= 11 is 0. The molecule has 3 nitrogen and oxygen atoms in total. The van der Waals surface area contributed by atoms with Crippen molar-refractivity contribution >= 4 is 60.9 Å². The third-order valence-electron chi connectivity index (χ3n) is 7.46. The fourth-order valence-electron chi connectivity index (χ4n) is 5.67. The van der Waals surface area contributed by atoms with Crippen LogP contribution in [0.25, 0.3) is 55.0 Å². The molecule has 8 aromatic rings. The van der Waals surface area contributed by atoms with E-state index in [0.29, 0.717) is 0 Å². The largest absolute Gasteiger partial charge is 0.456 e. The van der Waals surface area contributed by atoms with E-state index in [-0.39, 0.29) is 0 Å². The molecule has 0 aliphatic heterocycles. The third-order valence-corrected chi connectivity index (χ3v) is 7.46. The van der Waals surface area contributed by atoms with E-state index in [4.69, 9.17) is 8.83 Å². The molecule has 0 aliphatic carbocycles. The van der Waals surface area contributed by atoms with Crippen molar-refractivity contribution in [3.8, 4) is 11.1 Å². The van der Waals surface area contributed by atoms with Crippen molar-refractivity contribution < 1.29 is 8.83 Å². The zero-order valence-corrected chi connectivity index (χ0v) is 21.0. The highest BCUT2D eigenvalue weighted by Crippen LogP contribution is 2.41. The highest BCUT2D eigenvalue weighted by atomic mass is 16.3. The van der Waals surface area contributed by atoms with E-state index in [9.17, 15) is 0 Å². The third kappa shape index (κ3) is 3.52. The van der Waals surface area contributed by atoms with Gasteiger partial charge in [-0.2, -0.15) is 0 Å². The Morgan fingerprint density at radius 3 is 1.54 bits per heavy atom. The van der Waals surface area contributed by atoms with E-state index in [1.807, 2.05) is 36.4 Å². The maximum Gasteiger partial charge on any atom is 0.136 e. The van der Waals surface area contributed by atoms with Gasteiger partial charge < -0.3 is 13.7 Å². The van der Waals surface area contributed by atoms with Crippen LogP contribution in [0.1, 0.15) is 0 Å². The van der Waals surface area contributed by atoms with Gasteiger partial charge in [0.1, 0.15) is 22.3 Å². The molecule has 0 spiro atoms. The normalized spacial score (nSPS) is 11.6. The minimum absolute atomic E-state index is 0.873. The van der Waals surface area contributed by atoms with Crippen molar-refractivity contribution in [1.29, 1.82) is 0 Å². The number of para-hydroxylation sites is 3. The van der Waals surface area contributed by atoms with Crippen LogP contribution in [0.15, 0.2) is 148 Å². The molecule has 0 aliphatic rings. The number of hydrogen-bond donors (Lipinski definition) is 0. The average molecular weight is 502 g/mol. The summed E-state index contributed by atoms with van der Waals surface area (Å²) < 4.78 is 12.5. The molecule has 0 bridgehead atoms. The van der Waals surface area contributed by atoms with Gasteiger partial charge in [-0.15, -0.1) is 0 Å². The Labute approximate surface area is 225 Å². The number of hydrogen-bond acceptors (Lipinski definition) is 3. The number of furan rings is 2. The lowest BCUT2D eigenvalue weighted by atomic mass is 10.0. The number of benzene rings is 6. The van der Waals surface area contributed by atoms with Crippen molar-refractivity contribution in [3.05, 3.63) is 140 Å². The molecular formula is C36H23NO2. The summed E-state index contributed by atoms with van der Waals surface area (Å²) in [6.45, 7) is 0. The first-order valence-corrected chi connectivity index (χ1v) is 13.1. The lowest BCUT2D eigenvalue weighted by Crippen LogP contribution is -2.09. The van der Waals surface area contributed by atoms with Gasteiger partial charge >= 0.3 is 0 Å². The van der Waals surface area contributed by atoms with Crippen LogP contribution < -0.4 is 4.90 Å². The van der Waals surface area contributed by atoms with E-state index >= 15 is 0 Å². The molecule has 6 aromatic carbocycles. The van der Waals surface area contributed by atoms with Crippen molar-refractivity contribution in [2.45, 2.75) is 0 Å². The maximum atomic E-state index is 6.37. The molecule has 0 fully saturated rings. The topological polar surface area (TPSA) is 29.5 Å². The van der Waals surface area contributed by atoms with Gasteiger partial charge in [0.05, 0.1) is 0 Å². The molecule has 2 heterocycles. The quantitative estimate of drug-likeness (QED) is 0.240. The van der Waals surface area contributed by atoms with Gasteiger partial charge in [0.25, 0.3) is 0 Å². The standard InChI is InChI=1S/C36H23NO2/c1-3-9-26(10-4-1)37(27-11-5-2-6-12-27)28-18-15-24(16-19-28)25-17-20-30-34(23-25)39-33-22-21-32-35(36(30)33)29-13-7-8-14-31(29)38-32/h1-23H. The van der Waals surface area contributed by atoms with Crippen molar-refractivity contribution in [2.75, 3.05) is 4.90 Å². The highest BCUT2D eigenvalue weighted by Gasteiger charge is 2.17. The molecule has 0 amide bonds. The second kappa shape index (κ2) is 8.64. The van der Waals surface area contributed by atoms with Gasteiger partial charge in [0, 0.05) is 38.6 Å². The molecule has 0 N–H and O–H groups in total. The molecule has 0 saturated heterocycles. The summed E-state index contributed by atoms with van der Waals surface area (Å²) in [5.74, 6) is 0. The van der Waals surface area contributed by atoms with Crippen LogP contribution >= 0.6 is 0 Å². The fourth-order valence-corrected chi connectivity index (χ4v) is 5.67. The predicted octanol–water partition coefficient (Wildman–Crippen LogP) is 10.6. The van der Waals surface area contributed by atoms with Gasteiger partial charge in [-0.05, 0) is 77.9 Å². The van der Waals surface area contributed by atoms with Crippen molar-refractivity contribution in [3.63, 3.8) is 0 Å². The Bertz CT molecular complexity index is 2060. The van der Waals surface area contributed by atoms with Gasteiger partial charge in [-0.25, -0.2) is 0 Å². The van der Waals surface area contributed by atoms with E-state index in [1.165, 1.54) is 0 Å². The Morgan fingerprint density at radius 1 is 0.359 bits per heavy atom. The lowest BCUT2D eigenvalue weighted by molar-refractivity contribution is 0.663. The van der Waals surface area contributed by atoms with Crippen LogP contribution in [-0.4, -0.2) is 0 Å². The monoisotopic (exact) mass is 501 g/mol. The van der Waals surface area contributed by atoms with E-state index in [1.54, 1.807) is 0 Å². The van der Waals surface area contributed by atoms with Crippen LogP contribution in [-0.2, 0) is 0 Å². The van der Waals surface area contributed by atoms with Crippen LogP contribution in [0.5, 0.6) is 0 Å². The van der Waals surface area contributed by atoms with Crippen molar-refractivity contribution in [2.24, 2.45) is 0 Å². The molecule has 0 atom stereocenters. The second-order valence-corrected chi connectivity index (χ2v) is 9.78. The molecule has 0 saturated carbocycles. The molecule has 3 heteroatoms. The molecule has 0 radical (unpaired) electrons. The zero-order valence-electron chi connectivity index (χ0n) is 21.0. The van der Waals surface area contributed by atoms with E-state index in [0.717, 1.165) is 72.1 Å². The van der Waals surface area contributed by atoms with Gasteiger partial charge in [0.15, 0.2) is 0 Å². The van der Waals surface area contributed by atoms with E-state index < -0.39 is 0 Å². The minimum atomic E-state index is 0.873. The van der Waals surface area contributed by atoms with Crippen LogP contribution in [0, 0.1) is 0 Å². The highest BCUT2D eigenvalue weighted by molar-refractivity contribution is 6.25. The summed E-state index contributed by atoms with van der Waals surface area (Å²) in [7, 11) is 0. The summed E-state index contributed by atoms with van der Waals surface area (Å²) in [4.78, 5) is 2.27. The first-order valence-electron chi connectivity index (χ1n) is 13.1. The smallest absolute Gasteiger partial charge is 0.136 e. The Balaban J connectivity index is 1.22. The van der Waals surface area contributed by atoms with Crippen LogP contribution in [0.4, 0.5) is 17.1 Å². The van der Waals surface area contributed by atoms with Gasteiger partial charge in [-0.3, -0.25) is 0 Å². The Kier molecular flexibility index (Phi) is 4.82. The summed E-state index contributed by atoms with van der Waals surface area (Å²) in [6.07, 6.45) is 0. The number of nitrogens with zero attached hydrogens (tertiary/aromatic N) is 1. The SMILES string of the molecule is c1ccc(N(c2ccccc2)c2ccc(-c3ccc4c(c3)oc3ccc5oc6ccccc6c5c34)cc2)cc1. The summed E-state index contributed by atoms with van der Waals surface area (Å²) in [5.41, 5.74) is 9.14. The first kappa shape index (κ1) is 21.8. The molecule has 8 rings (SSSR count). The van der Waals surface area contributed by atoms with Gasteiger partial charge in [-0.1, -0.05) is 72.8 Å². The number of anilines is 3. The van der Waals surface area contributed by atoms with Gasteiger partial charge in [0.2, 0.25) is 0 Å². The fraction of sp³-hybridized carbons (Fsp3) is 0. The maximum absolute atomic E-state index is 6.37. The summed E-state index contributed by atoms with van der Waals surface area (Å²) in [6, 6.07) is 48.3. The summed E-state index contributed by atoms with van der Waals surface area (Å²) in [5, 5.41) is 4.43. The average Bonchev–Trinajstić information content (AvgIpc) is 3.56. The lowest BCUT2D eigenvalue weighted by Gasteiger charge is -2.25. The molecule has 0 unspecified atom stereocenters. The first-order chi connectivity index (χ1) is 19.3. The zero-order chi connectivity index (χ0) is 25.8. The number of rotatable bonds is 4. The van der Waals surface area contributed by atoms with Crippen LogP contribution in [0.2, 0.25) is 0 Å². The van der Waals surface area contributed by atoms with Crippen LogP contribution in [0.3, 0.4) is 0 Å². The second-order valence-electron chi connectivity index (χ2n) is 9.78. The molecule has 184 valence electrons.